The lowest BCUT2D eigenvalue weighted by atomic mass is 10.1. The Morgan fingerprint density at radius 2 is 2.00 bits per heavy atom. The van der Waals surface area contributed by atoms with Gasteiger partial charge in [0.05, 0.1) is 10.3 Å². The Bertz CT molecular complexity index is 577. The van der Waals surface area contributed by atoms with E-state index in [0.717, 1.165) is 14.2 Å². The third-order valence-electron chi connectivity index (χ3n) is 2.82. The quantitative estimate of drug-likeness (QED) is 0.906. The molecule has 0 aliphatic rings. The molecule has 2 nitrogen and oxygen atoms in total. The van der Waals surface area contributed by atoms with Gasteiger partial charge in [0.25, 0.3) is 5.91 Å². The van der Waals surface area contributed by atoms with E-state index in [1.807, 2.05) is 44.2 Å². The Labute approximate surface area is 119 Å². The summed E-state index contributed by atoms with van der Waals surface area (Å²) in [6.07, 6.45) is 0. The summed E-state index contributed by atoms with van der Waals surface area (Å²) >= 11 is 5.04. The van der Waals surface area contributed by atoms with E-state index in [1.165, 1.54) is 5.56 Å². The maximum absolute atomic E-state index is 12.0. The second-order valence-electron chi connectivity index (χ2n) is 4.19. The zero-order valence-corrected chi connectivity index (χ0v) is 12.7. The average molecular weight is 324 g/mol. The summed E-state index contributed by atoms with van der Waals surface area (Å²) in [5, 5.41) is 2.93. The summed E-state index contributed by atoms with van der Waals surface area (Å²) in [4.78, 5) is 13.1. The Hall–Kier alpha value is -1.13. The first-order valence-electron chi connectivity index (χ1n) is 5.66. The van der Waals surface area contributed by atoms with E-state index in [1.54, 1.807) is 11.3 Å². The first-order valence-corrected chi connectivity index (χ1v) is 7.27. The van der Waals surface area contributed by atoms with Gasteiger partial charge in [-0.3, -0.25) is 4.79 Å². The number of rotatable bonds is 3. The summed E-state index contributed by atoms with van der Waals surface area (Å²) < 4.78 is 1.08. The number of amides is 1. The van der Waals surface area contributed by atoms with Crippen molar-refractivity contribution in [2.75, 3.05) is 0 Å². The van der Waals surface area contributed by atoms with Gasteiger partial charge >= 0.3 is 0 Å². The van der Waals surface area contributed by atoms with Gasteiger partial charge in [0.15, 0.2) is 0 Å². The van der Waals surface area contributed by atoms with Crippen LogP contribution >= 0.6 is 27.3 Å². The summed E-state index contributed by atoms with van der Waals surface area (Å²) in [6, 6.07) is 9.76. The highest BCUT2D eigenvalue weighted by Crippen LogP contribution is 2.21. The van der Waals surface area contributed by atoms with Crippen LogP contribution in [0.2, 0.25) is 0 Å². The lowest BCUT2D eigenvalue weighted by Crippen LogP contribution is -2.22. The molecule has 0 fully saturated rings. The van der Waals surface area contributed by atoms with Crippen LogP contribution in [0.5, 0.6) is 0 Å². The van der Waals surface area contributed by atoms with Gasteiger partial charge in [0, 0.05) is 10.4 Å². The molecule has 94 valence electrons. The molecule has 4 heteroatoms. The Morgan fingerprint density at radius 3 is 2.61 bits per heavy atom. The molecular weight excluding hydrogens is 310 g/mol. The van der Waals surface area contributed by atoms with Crippen molar-refractivity contribution in [1.29, 1.82) is 0 Å². The Kier molecular flexibility index (Phi) is 4.19. The van der Waals surface area contributed by atoms with Crippen molar-refractivity contribution < 1.29 is 4.79 Å². The Morgan fingerprint density at radius 1 is 1.22 bits per heavy atom. The van der Waals surface area contributed by atoms with Gasteiger partial charge in [-0.1, -0.05) is 6.07 Å². The lowest BCUT2D eigenvalue weighted by Gasteiger charge is -2.06. The van der Waals surface area contributed by atoms with Crippen LogP contribution in [0.15, 0.2) is 34.1 Å². The van der Waals surface area contributed by atoms with Crippen LogP contribution in [0, 0.1) is 13.8 Å². The second kappa shape index (κ2) is 5.67. The zero-order chi connectivity index (χ0) is 13.1. The molecule has 1 N–H and O–H groups in total. The first-order chi connectivity index (χ1) is 8.56. The van der Waals surface area contributed by atoms with Crippen molar-refractivity contribution in [3.63, 3.8) is 0 Å². The van der Waals surface area contributed by atoms with E-state index < -0.39 is 0 Å². The number of aryl methyl sites for hydroxylation is 2. The highest BCUT2D eigenvalue weighted by Gasteiger charge is 2.07. The molecule has 0 saturated carbocycles. The molecule has 2 aromatic rings. The summed E-state index contributed by atoms with van der Waals surface area (Å²) in [5.74, 6) is -0.0253. The van der Waals surface area contributed by atoms with E-state index in [4.69, 9.17) is 0 Å². The van der Waals surface area contributed by atoms with E-state index in [9.17, 15) is 4.79 Å². The number of carbonyl (C=O) groups excluding carboxylic acids is 1. The zero-order valence-electron chi connectivity index (χ0n) is 10.3. The minimum atomic E-state index is -0.0253. The maximum Gasteiger partial charge on any atom is 0.251 e. The van der Waals surface area contributed by atoms with Crippen molar-refractivity contribution in [2.45, 2.75) is 20.4 Å². The van der Waals surface area contributed by atoms with Crippen LogP contribution < -0.4 is 5.32 Å². The normalized spacial score (nSPS) is 10.4. The molecule has 2 rings (SSSR count). The molecule has 0 unspecified atom stereocenters. The van der Waals surface area contributed by atoms with Crippen LogP contribution in [0.4, 0.5) is 0 Å². The standard InChI is InChI=1S/C14H14BrNOS/c1-9-3-4-11(7-10(9)2)14(17)16-8-12-5-6-13(15)18-12/h3-7H,8H2,1-2H3,(H,16,17). The summed E-state index contributed by atoms with van der Waals surface area (Å²) in [6.45, 7) is 4.63. The molecule has 0 bridgehead atoms. The topological polar surface area (TPSA) is 29.1 Å². The molecule has 0 saturated heterocycles. The minimum absolute atomic E-state index is 0.0253. The third kappa shape index (κ3) is 3.21. The molecule has 0 aliphatic heterocycles. The number of hydrogen-bond acceptors (Lipinski definition) is 2. The monoisotopic (exact) mass is 323 g/mol. The fourth-order valence-electron chi connectivity index (χ4n) is 1.60. The molecule has 0 atom stereocenters. The second-order valence-corrected chi connectivity index (χ2v) is 6.74. The number of nitrogens with one attached hydrogen (secondary N) is 1. The fraction of sp³-hybridized carbons (Fsp3) is 0.214. The third-order valence-corrected chi connectivity index (χ3v) is 4.44. The van der Waals surface area contributed by atoms with Gasteiger partial charge in [0.2, 0.25) is 0 Å². The summed E-state index contributed by atoms with van der Waals surface area (Å²) in [7, 11) is 0. The average Bonchev–Trinajstić information content (AvgIpc) is 2.75. The van der Waals surface area contributed by atoms with E-state index in [0.29, 0.717) is 12.1 Å². The fourth-order valence-corrected chi connectivity index (χ4v) is 3.02. The molecule has 0 spiro atoms. The van der Waals surface area contributed by atoms with Crippen LogP contribution in [0.1, 0.15) is 26.4 Å². The molecule has 18 heavy (non-hydrogen) atoms. The van der Waals surface area contributed by atoms with Gasteiger partial charge in [0.1, 0.15) is 0 Å². The first kappa shape index (κ1) is 13.3. The van der Waals surface area contributed by atoms with Crippen molar-refractivity contribution in [1.82, 2.24) is 5.32 Å². The predicted octanol–water partition coefficient (Wildman–Crippen LogP) is 4.06. The molecule has 1 aromatic carbocycles. The summed E-state index contributed by atoms with van der Waals surface area (Å²) in [5.41, 5.74) is 3.06. The molecule has 1 heterocycles. The highest BCUT2D eigenvalue weighted by atomic mass is 79.9. The largest absolute Gasteiger partial charge is 0.347 e. The molecule has 0 aliphatic carbocycles. The predicted molar refractivity (Wildman–Crippen MR) is 79.1 cm³/mol. The van der Waals surface area contributed by atoms with Crippen molar-refractivity contribution in [2.24, 2.45) is 0 Å². The number of thiophene rings is 1. The van der Waals surface area contributed by atoms with Crippen LogP contribution in [-0.2, 0) is 6.54 Å². The number of carbonyl (C=O) groups is 1. The van der Waals surface area contributed by atoms with E-state index in [2.05, 4.69) is 21.2 Å². The van der Waals surface area contributed by atoms with Crippen molar-refractivity contribution in [3.05, 3.63) is 55.7 Å². The van der Waals surface area contributed by atoms with Gasteiger partial charge < -0.3 is 5.32 Å². The lowest BCUT2D eigenvalue weighted by molar-refractivity contribution is 0.0951. The molecule has 1 aromatic heterocycles. The molecule has 1 amide bonds. The van der Waals surface area contributed by atoms with Crippen LogP contribution in [0.3, 0.4) is 0 Å². The van der Waals surface area contributed by atoms with Crippen LogP contribution in [-0.4, -0.2) is 5.91 Å². The molecular formula is C14H14BrNOS. The minimum Gasteiger partial charge on any atom is -0.347 e. The van der Waals surface area contributed by atoms with E-state index >= 15 is 0 Å². The van der Waals surface area contributed by atoms with Gasteiger partial charge in [-0.2, -0.15) is 0 Å². The van der Waals surface area contributed by atoms with Gasteiger partial charge in [-0.15, -0.1) is 11.3 Å². The SMILES string of the molecule is Cc1ccc(C(=O)NCc2ccc(Br)s2)cc1C. The van der Waals surface area contributed by atoms with Gasteiger partial charge in [-0.05, 0) is 65.2 Å². The number of halogens is 1. The molecule has 0 radical (unpaired) electrons. The number of benzene rings is 1. The maximum atomic E-state index is 12.0. The van der Waals surface area contributed by atoms with Crippen molar-refractivity contribution in [3.8, 4) is 0 Å². The number of hydrogen-bond donors (Lipinski definition) is 1. The van der Waals surface area contributed by atoms with E-state index in [-0.39, 0.29) is 5.91 Å². The van der Waals surface area contributed by atoms with Crippen LogP contribution in [0.25, 0.3) is 0 Å². The van der Waals surface area contributed by atoms with Crippen molar-refractivity contribution >= 4 is 33.2 Å². The Balaban J connectivity index is 2.01. The van der Waals surface area contributed by atoms with Gasteiger partial charge in [-0.25, -0.2) is 0 Å². The smallest absolute Gasteiger partial charge is 0.251 e. The highest BCUT2D eigenvalue weighted by molar-refractivity contribution is 9.11.